The largest absolute Gasteiger partial charge is 0.477 e. The summed E-state index contributed by atoms with van der Waals surface area (Å²) >= 11 is 0. The maximum Gasteiger partial charge on any atom is 0.477 e. The molecule has 1 rings (SSSR count). The minimum atomic E-state index is -5.52. The van der Waals surface area contributed by atoms with Crippen molar-refractivity contribution in [2.45, 2.75) is 30.7 Å². The Hall–Kier alpha value is 0.210. The molecule has 24 heavy (non-hydrogen) atoms. The summed E-state index contributed by atoms with van der Waals surface area (Å²) in [5, 5.41) is 37.5. The van der Waals surface area contributed by atoms with Crippen LogP contribution in [0.25, 0.3) is 0 Å². The van der Waals surface area contributed by atoms with E-state index in [9.17, 15) is 33.9 Å². The van der Waals surface area contributed by atoms with Gasteiger partial charge in [-0.15, -0.1) is 4.86 Å². The zero-order chi connectivity index (χ0) is 18.9. The van der Waals surface area contributed by atoms with Crippen LogP contribution in [0, 0.1) is 0 Å². The lowest BCUT2D eigenvalue weighted by molar-refractivity contribution is -0.279. The molecular weight excluding hydrogens is 403 g/mol. The number of hydrogen-bond donors (Lipinski definition) is 9. The van der Waals surface area contributed by atoms with Crippen molar-refractivity contribution in [1.82, 2.24) is 4.86 Å². The Kier molecular flexibility index (Phi) is 7.27. The first kappa shape index (κ1) is 22.3. The molecule has 2 unspecified atom stereocenters. The summed E-state index contributed by atoms with van der Waals surface area (Å²) in [6.07, 6.45) is -9.52. The van der Waals surface area contributed by atoms with Gasteiger partial charge in [-0.2, -0.15) is 4.31 Å². The van der Waals surface area contributed by atoms with Crippen molar-refractivity contribution in [1.29, 1.82) is 0 Å². The molecular formula is C6H16NO14P3. The normalized spacial score (nSPS) is 36.8. The minimum Gasteiger partial charge on any atom is -0.394 e. The van der Waals surface area contributed by atoms with Crippen molar-refractivity contribution < 1.29 is 67.3 Å². The molecule has 0 radical (unpaired) electrons. The van der Waals surface area contributed by atoms with Gasteiger partial charge in [0.05, 0.1) is 6.61 Å². The van der Waals surface area contributed by atoms with Gasteiger partial charge in [0.1, 0.15) is 24.4 Å². The highest BCUT2D eigenvalue weighted by Gasteiger charge is 2.48. The first-order valence-corrected chi connectivity index (χ1v) is 10.6. The summed E-state index contributed by atoms with van der Waals surface area (Å²) in [4.78, 5) is 36.1. The van der Waals surface area contributed by atoms with E-state index in [2.05, 4.69) is 8.83 Å². The number of rotatable bonds is 7. The molecule has 0 saturated carbocycles. The number of aliphatic hydroxyl groups excluding tert-OH is 4. The summed E-state index contributed by atoms with van der Waals surface area (Å²) in [6, 6.07) is 0. The van der Waals surface area contributed by atoms with Gasteiger partial charge in [0.15, 0.2) is 6.29 Å². The van der Waals surface area contributed by atoms with E-state index in [1.807, 2.05) is 0 Å². The van der Waals surface area contributed by atoms with Crippen molar-refractivity contribution in [3.05, 3.63) is 0 Å². The van der Waals surface area contributed by atoms with E-state index in [-0.39, 0.29) is 0 Å². The number of ether oxygens (including phenoxy) is 1. The molecule has 0 spiro atoms. The third-order valence-electron chi connectivity index (χ3n) is 2.56. The van der Waals surface area contributed by atoms with E-state index in [1.54, 1.807) is 0 Å². The van der Waals surface area contributed by atoms with Crippen molar-refractivity contribution in [3.8, 4) is 0 Å². The van der Waals surface area contributed by atoms with Crippen LogP contribution in [-0.4, -0.2) is 77.3 Å². The molecule has 0 aromatic rings. The fraction of sp³-hybridized carbons (Fsp3) is 1.00. The van der Waals surface area contributed by atoms with Gasteiger partial charge >= 0.3 is 23.3 Å². The molecule has 0 amide bonds. The first-order valence-electron chi connectivity index (χ1n) is 5.88. The van der Waals surface area contributed by atoms with E-state index >= 15 is 0 Å². The smallest absolute Gasteiger partial charge is 0.394 e. The molecule has 144 valence electrons. The first-order chi connectivity index (χ1) is 10.7. The zero-order valence-electron chi connectivity index (χ0n) is 11.5. The predicted octanol–water partition coefficient (Wildman–Crippen LogP) is -3.30. The lowest BCUT2D eigenvalue weighted by Gasteiger charge is -2.39. The van der Waals surface area contributed by atoms with E-state index in [0.29, 0.717) is 0 Å². The second kappa shape index (κ2) is 7.84. The topological polar surface area (TPSA) is 253 Å². The van der Waals surface area contributed by atoms with Crippen LogP contribution >= 0.6 is 23.3 Å². The summed E-state index contributed by atoms with van der Waals surface area (Å²) in [6.45, 7) is -0.881. The van der Waals surface area contributed by atoms with Crippen molar-refractivity contribution in [3.63, 3.8) is 0 Å². The van der Waals surface area contributed by atoms with Crippen LogP contribution in [-0.2, 0) is 27.3 Å². The fourth-order valence-corrected chi connectivity index (χ4v) is 5.19. The molecule has 9 N–H and O–H groups in total. The number of nitrogens with one attached hydrogen (secondary N) is 1. The van der Waals surface area contributed by atoms with Crippen LogP contribution in [0.4, 0.5) is 0 Å². The molecule has 7 atom stereocenters. The molecule has 0 bridgehead atoms. The van der Waals surface area contributed by atoms with Crippen LogP contribution in [0.15, 0.2) is 0 Å². The van der Waals surface area contributed by atoms with E-state index in [0.717, 1.165) is 4.86 Å². The molecule has 0 aliphatic carbocycles. The Morgan fingerprint density at radius 2 is 1.46 bits per heavy atom. The Balaban J connectivity index is 2.84. The van der Waals surface area contributed by atoms with E-state index in [4.69, 9.17) is 24.5 Å². The molecule has 0 aromatic carbocycles. The predicted molar refractivity (Wildman–Crippen MR) is 70.8 cm³/mol. The quantitative estimate of drug-likeness (QED) is 0.183. The number of aliphatic hydroxyl groups is 4. The molecule has 1 aliphatic heterocycles. The van der Waals surface area contributed by atoms with Crippen LogP contribution in [0.1, 0.15) is 0 Å². The third kappa shape index (κ3) is 6.50. The molecule has 15 nitrogen and oxygen atoms in total. The van der Waals surface area contributed by atoms with E-state index in [1.165, 1.54) is 0 Å². The van der Waals surface area contributed by atoms with Gasteiger partial charge in [-0.3, -0.25) is 4.52 Å². The summed E-state index contributed by atoms with van der Waals surface area (Å²) in [5.74, 6) is 0. The molecule has 1 saturated heterocycles. The van der Waals surface area contributed by atoms with E-state index < -0.39 is 60.6 Å². The lowest BCUT2D eigenvalue weighted by atomic mass is 10.00. The average Bonchev–Trinajstić information content (AvgIpc) is 2.34. The van der Waals surface area contributed by atoms with Crippen LogP contribution in [0.3, 0.4) is 0 Å². The molecule has 0 aromatic heterocycles. The Labute approximate surface area is 133 Å². The molecule has 1 fully saturated rings. The second-order valence-corrected chi connectivity index (χ2v) is 9.24. The van der Waals surface area contributed by atoms with Crippen LogP contribution in [0.5, 0.6) is 0 Å². The van der Waals surface area contributed by atoms with Gasteiger partial charge in [-0.1, -0.05) is 0 Å². The maximum absolute atomic E-state index is 11.7. The van der Waals surface area contributed by atoms with Crippen molar-refractivity contribution in [2.24, 2.45) is 0 Å². The Bertz CT molecular complexity index is 575. The highest BCUT2D eigenvalue weighted by molar-refractivity contribution is 7.70. The summed E-state index contributed by atoms with van der Waals surface area (Å²) in [5.41, 5.74) is 0. The van der Waals surface area contributed by atoms with Gasteiger partial charge < -0.3 is 44.7 Å². The van der Waals surface area contributed by atoms with Gasteiger partial charge in [0.2, 0.25) is 0 Å². The second-order valence-electron chi connectivity index (χ2n) is 4.52. The van der Waals surface area contributed by atoms with Crippen LogP contribution in [0.2, 0.25) is 0 Å². The average molecular weight is 419 g/mol. The highest BCUT2D eigenvalue weighted by Crippen LogP contribution is 2.60. The molecule has 1 heterocycles. The molecule has 18 heteroatoms. The fourth-order valence-electron chi connectivity index (χ4n) is 1.64. The Morgan fingerprint density at radius 1 is 0.917 bits per heavy atom. The number of hydrogen-bond acceptors (Lipinski definition) is 10. The maximum atomic E-state index is 11.7. The monoisotopic (exact) mass is 419 g/mol. The SMILES string of the molecule is O=P(O)(O)OP(=O)(O)NP(=O)(O)O[C@@H]1O[C@H](CO)[C@@H](O)[C@H](O)[C@H]1O. The zero-order valence-corrected chi connectivity index (χ0v) is 14.1. The van der Waals surface area contributed by atoms with Gasteiger partial charge in [-0.05, 0) is 0 Å². The molecule has 1 aliphatic rings. The van der Waals surface area contributed by atoms with Gasteiger partial charge in [0, 0.05) is 0 Å². The highest BCUT2D eigenvalue weighted by atomic mass is 31.3. The van der Waals surface area contributed by atoms with Crippen LogP contribution < -0.4 is 4.86 Å². The third-order valence-corrected chi connectivity index (χ3v) is 6.82. The van der Waals surface area contributed by atoms with Gasteiger partial charge in [-0.25, -0.2) is 13.7 Å². The minimum absolute atomic E-state index is 0.881. The van der Waals surface area contributed by atoms with Crippen molar-refractivity contribution >= 4 is 23.3 Å². The van der Waals surface area contributed by atoms with Crippen molar-refractivity contribution in [2.75, 3.05) is 6.61 Å². The summed E-state index contributed by atoms with van der Waals surface area (Å²) < 4.78 is 45.8. The standard InChI is InChI=1S/C6H16NO14P3/c8-1-2-3(9)4(10)5(11)6(19-2)20-22(12,13)7-23(14,15)21-24(16,17)18/h2-6,8-11H,1H2,(H2,16,17,18)(H3,7,12,13,14,15)/t2-,3-,4+,5-,6+/m1/s1. The van der Waals surface area contributed by atoms with Gasteiger partial charge in [0.25, 0.3) is 0 Å². The number of phosphoric acid groups is 1. The summed E-state index contributed by atoms with van der Waals surface area (Å²) in [7, 11) is -16.4. The Morgan fingerprint density at radius 3 is 1.92 bits per heavy atom. The lowest BCUT2D eigenvalue weighted by Crippen LogP contribution is -2.59.